The average Bonchev–Trinajstić information content (AvgIpc) is 2.87. The number of halogens is 1. The average molecular weight is 287 g/mol. The van der Waals surface area contributed by atoms with Crippen LogP contribution in [0.1, 0.15) is 23.4 Å². The minimum absolute atomic E-state index is 0.145. The minimum Gasteiger partial charge on any atom is -0.336 e. The van der Waals surface area contributed by atoms with Gasteiger partial charge in [-0.15, -0.1) is 0 Å². The number of hydrogen-bond donors (Lipinski definition) is 0. The van der Waals surface area contributed by atoms with Crippen molar-refractivity contribution in [1.82, 2.24) is 14.5 Å². The maximum absolute atomic E-state index is 12.8. The number of aromatic nitrogens is 2. The summed E-state index contributed by atoms with van der Waals surface area (Å²) in [6.45, 7) is 1.36. The van der Waals surface area contributed by atoms with Gasteiger partial charge in [-0.2, -0.15) is 0 Å². The quantitative estimate of drug-likeness (QED) is 0.867. The third-order valence-corrected chi connectivity index (χ3v) is 4.00. The Balaban J connectivity index is 1.59. The molecule has 0 spiro atoms. The number of rotatable bonds is 3. The molecule has 0 bridgehead atoms. The highest BCUT2D eigenvalue weighted by atomic mass is 19.1. The third kappa shape index (κ3) is 2.96. The molecule has 0 atom stereocenters. The van der Waals surface area contributed by atoms with E-state index >= 15 is 0 Å². The molecule has 2 aromatic rings. The Labute approximate surface area is 123 Å². The van der Waals surface area contributed by atoms with E-state index in [1.165, 1.54) is 12.1 Å². The first-order valence-corrected chi connectivity index (χ1v) is 7.15. The molecule has 5 heteroatoms. The van der Waals surface area contributed by atoms with Gasteiger partial charge in [0, 0.05) is 26.4 Å². The predicted molar refractivity (Wildman–Crippen MR) is 77.1 cm³/mol. The molecular weight excluding hydrogens is 269 g/mol. The van der Waals surface area contributed by atoms with Crippen LogP contribution in [-0.4, -0.2) is 26.9 Å². The maximum Gasteiger partial charge on any atom is 0.223 e. The number of imidazole rings is 1. The van der Waals surface area contributed by atoms with Crippen molar-refractivity contribution in [2.75, 3.05) is 6.54 Å². The van der Waals surface area contributed by atoms with Crippen molar-refractivity contribution in [3.05, 3.63) is 53.4 Å². The molecule has 21 heavy (non-hydrogen) atoms. The molecule has 0 fully saturated rings. The van der Waals surface area contributed by atoms with Crippen molar-refractivity contribution in [1.29, 1.82) is 0 Å². The standard InChI is InChI=1S/C16H18FN3O/c1-19-11-18-14-8-9-20(10-15(14)19)16(21)7-4-12-2-5-13(17)6-3-12/h2-3,5-6,11H,4,7-10H2,1H3. The van der Waals surface area contributed by atoms with Gasteiger partial charge >= 0.3 is 0 Å². The number of carbonyl (C=O) groups excluding carboxylic acids is 1. The fraction of sp³-hybridized carbons (Fsp3) is 0.375. The molecule has 0 unspecified atom stereocenters. The molecule has 1 aromatic carbocycles. The van der Waals surface area contributed by atoms with E-state index in [9.17, 15) is 9.18 Å². The number of carbonyl (C=O) groups is 1. The lowest BCUT2D eigenvalue weighted by Gasteiger charge is -2.27. The summed E-state index contributed by atoms with van der Waals surface area (Å²) in [4.78, 5) is 18.5. The highest BCUT2D eigenvalue weighted by molar-refractivity contribution is 5.76. The van der Waals surface area contributed by atoms with Crippen molar-refractivity contribution in [3.8, 4) is 0 Å². The second-order valence-electron chi connectivity index (χ2n) is 5.44. The van der Waals surface area contributed by atoms with E-state index in [1.54, 1.807) is 18.5 Å². The zero-order valence-electron chi connectivity index (χ0n) is 12.1. The normalized spacial score (nSPS) is 14.1. The Morgan fingerprint density at radius 3 is 2.86 bits per heavy atom. The van der Waals surface area contributed by atoms with E-state index in [0.717, 1.165) is 29.9 Å². The van der Waals surface area contributed by atoms with Crippen LogP contribution in [0.4, 0.5) is 4.39 Å². The second-order valence-corrected chi connectivity index (χ2v) is 5.44. The second kappa shape index (κ2) is 5.68. The van der Waals surface area contributed by atoms with Gasteiger partial charge < -0.3 is 9.47 Å². The fourth-order valence-electron chi connectivity index (χ4n) is 2.69. The van der Waals surface area contributed by atoms with Crippen LogP contribution in [0.5, 0.6) is 0 Å². The van der Waals surface area contributed by atoms with Crippen molar-refractivity contribution in [3.63, 3.8) is 0 Å². The number of nitrogens with zero attached hydrogens (tertiary/aromatic N) is 3. The smallest absolute Gasteiger partial charge is 0.223 e. The van der Waals surface area contributed by atoms with Crippen LogP contribution in [0, 0.1) is 5.82 Å². The van der Waals surface area contributed by atoms with Crippen LogP contribution in [-0.2, 0) is 31.2 Å². The molecule has 0 radical (unpaired) electrons. The summed E-state index contributed by atoms with van der Waals surface area (Å²) in [7, 11) is 1.96. The molecule has 0 N–H and O–H groups in total. The first-order chi connectivity index (χ1) is 10.1. The molecule has 110 valence electrons. The Morgan fingerprint density at radius 1 is 1.33 bits per heavy atom. The molecule has 1 aliphatic heterocycles. The maximum atomic E-state index is 12.8. The van der Waals surface area contributed by atoms with Gasteiger partial charge in [-0.05, 0) is 24.1 Å². The molecule has 1 aliphatic rings. The molecule has 0 saturated carbocycles. The van der Waals surface area contributed by atoms with E-state index in [2.05, 4.69) is 4.98 Å². The van der Waals surface area contributed by atoms with Crippen molar-refractivity contribution in [2.24, 2.45) is 7.05 Å². The molecule has 1 amide bonds. The Kier molecular flexibility index (Phi) is 3.73. The lowest BCUT2D eigenvalue weighted by atomic mass is 10.1. The van der Waals surface area contributed by atoms with Crippen molar-refractivity contribution in [2.45, 2.75) is 25.8 Å². The Hall–Kier alpha value is -2.17. The number of benzene rings is 1. The first kappa shape index (κ1) is 13.8. The van der Waals surface area contributed by atoms with Gasteiger partial charge in [0.15, 0.2) is 0 Å². The topological polar surface area (TPSA) is 38.1 Å². The highest BCUT2D eigenvalue weighted by Gasteiger charge is 2.23. The molecule has 3 rings (SSSR count). The monoisotopic (exact) mass is 287 g/mol. The van der Waals surface area contributed by atoms with Crippen LogP contribution >= 0.6 is 0 Å². The number of fused-ring (bicyclic) bond motifs is 1. The summed E-state index contributed by atoms with van der Waals surface area (Å²) in [5.41, 5.74) is 3.21. The largest absolute Gasteiger partial charge is 0.336 e. The van der Waals surface area contributed by atoms with E-state index in [-0.39, 0.29) is 11.7 Å². The summed E-state index contributed by atoms with van der Waals surface area (Å²) in [6, 6.07) is 6.33. The molecule has 1 aromatic heterocycles. The van der Waals surface area contributed by atoms with Crippen LogP contribution in [0.25, 0.3) is 0 Å². The summed E-state index contributed by atoms with van der Waals surface area (Å²) in [5.74, 6) is -0.101. The molecular formula is C16H18FN3O. The zero-order valence-corrected chi connectivity index (χ0v) is 12.1. The highest BCUT2D eigenvalue weighted by Crippen LogP contribution is 2.18. The van der Waals surface area contributed by atoms with Gasteiger partial charge in [-0.1, -0.05) is 12.1 Å². The van der Waals surface area contributed by atoms with Gasteiger partial charge in [-0.3, -0.25) is 4.79 Å². The Bertz CT molecular complexity index is 648. The first-order valence-electron chi connectivity index (χ1n) is 7.15. The SMILES string of the molecule is Cn1cnc2c1CN(C(=O)CCc1ccc(F)cc1)CC2. The lowest BCUT2D eigenvalue weighted by Crippen LogP contribution is -2.36. The van der Waals surface area contributed by atoms with E-state index in [1.807, 2.05) is 16.5 Å². The van der Waals surface area contributed by atoms with Gasteiger partial charge in [-0.25, -0.2) is 9.37 Å². The van der Waals surface area contributed by atoms with E-state index in [0.29, 0.717) is 19.4 Å². The van der Waals surface area contributed by atoms with Gasteiger partial charge in [0.1, 0.15) is 5.82 Å². The third-order valence-electron chi connectivity index (χ3n) is 4.00. The van der Waals surface area contributed by atoms with Crippen LogP contribution in [0.3, 0.4) is 0 Å². The number of hydrogen-bond acceptors (Lipinski definition) is 2. The molecule has 0 saturated heterocycles. The minimum atomic E-state index is -0.246. The molecule has 2 heterocycles. The predicted octanol–water partition coefficient (Wildman–Crippen LogP) is 2.08. The summed E-state index contributed by atoms with van der Waals surface area (Å²) in [5, 5.41) is 0. The summed E-state index contributed by atoms with van der Waals surface area (Å²) >= 11 is 0. The van der Waals surface area contributed by atoms with Gasteiger partial charge in [0.2, 0.25) is 5.91 Å². The lowest BCUT2D eigenvalue weighted by molar-refractivity contribution is -0.132. The Morgan fingerprint density at radius 2 is 2.10 bits per heavy atom. The summed E-state index contributed by atoms with van der Waals surface area (Å²) in [6.07, 6.45) is 3.72. The van der Waals surface area contributed by atoms with E-state index < -0.39 is 0 Å². The molecule has 4 nitrogen and oxygen atoms in total. The zero-order chi connectivity index (χ0) is 14.8. The van der Waals surface area contributed by atoms with Crippen molar-refractivity contribution < 1.29 is 9.18 Å². The van der Waals surface area contributed by atoms with Crippen LogP contribution in [0.2, 0.25) is 0 Å². The fourth-order valence-corrected chi connectivity index (χ4v) is 2.69. The summed E-state index contributed by atoms with van der Waals surface area (Å²) < 4.78 is 14.8. The van der Waals surface area contributed by atoms with E-state index in [4.69, 9.17) is 0 Å². The van der Waals surface area contributed by atoms with Crippen molar-refractivity contribution >= 4 is 5.91 Å². The molecule has 0 aliphatic carbocycles. The number of aryl methyl sites for hydroxylation is 2. The van der Waals surface area contributed by atoms with Gasteiger partial charge in [0.05, 0.1) is 24.3 Å². The van der Waals surface area contributed by atoms with Gasteiger partial charge in [0.25, 0.3) is 0 Å². The number of amides is 1. The van der Waals surface area contributed by atoms with Crippen LogP contribution in [0.15, 0.2) is 30.6 Å². The van der Waals surface area contributed by atoms with Crippen LogP contribution < -0.4 is 0 Å².